The molecule has 4 aromatic rings. The maximum absolute atomic E-state index is 12.1. The Morgan fingerprint density at radius 1 is 1.17 bits per heavy atom. The molecule has 0 amide bonds. The van der Waals surface area contributed by atoms with Gasteiger partial charge in [-0.15, -0.1) is 11.3 Å². The van der Waals surface area contributed by atoms with Gasteiger partial charge in [0.15, 0.2) is 0 Å². The number of likely N-dealkylation sites (tertiary alicyclic amines) is 1. The maximum atomic E-state index is 12.1. The average Bonchev–Trinajstić information content (AvgIpc) is 3.14. The summed E-state index contributed by atoms with van der Waals surface area (Å²) in [5.74, 6) is 0.455. The fourth-order valence-corrected chi connectivity index (χ4v) is 5.41. The summed E-state index contributed by atoms with van der Waals surface area (Å²) < 4.78 is 6.73. The first-order chi connectivity index (χ1) is 14.1. The predicted molar refractivity (Wildman–Crippen MR) is 119 cm³/mol. The molecule has 1 atom stereocenters. The van der Waals surface area contributed by atoms with Crippen LogP contribution in [-0.2, 0) is 6.54 Å². The molecule has 0 saturated carbocycles. The molecule has 1 aliphatic rings. The number of para-hydroxylation sites is 1. The highest BCUT2D eigenvalue weighted by atomic mass is 32.1. The normalized spacial score (nSPS) is 17.9. The van der Waals surface area contributed by atoms with Crippen molar-refractivity contribution in [3.63, 3.8) is 0 Å². The van der Waals surface area contributed by atoms with Gasteiger partial charge in [-0.1, -0.05) is 12.1 Å². The standard InChI is InChI=1S/C24H24N2O2S/c1-15-10-19-18(12-23(27)28-21(19)11-16(15)2)14-26-9-5-6-17(13-26)24-25-20-7-3-4-8-22(20)29-24/h3-4,7-8,10-12,17H,5-6,9,13-14H2,1-2H3/t17-/m1/s1. The molecule has 2 aromatic heterocycles. The summed E-state index contributed by atoms with van der Waals surface area (Å²) in [5.41, 5.74) is 4.95. The van der Waals surface area contributed by atoms with Gasteiger partial charge in [0.2, 0.25) is 0 Å². The minimum atomic E-state index is -0.268. The fourth-order valence-electron chi connectivity index (χ4n) is 4.32. The van der Waals surface area contributed by atoms with Crippen molar-refractivity contribution < 1.29 is 4.42 Å². The molecule has 0 radical (unpaired) electrons. The van der Waals surface area contributed by atoms with E-state index in [1.165, 1.54) is 21.7 Å². The lowest BCUT2D eigenvalue weighted by molar-refractivity contribution is 0.200. The van der Waals surface area contributed by atoms with Crippen LogP contribution in [0.25, 0.3) is 21.2 Å². The van der Waals surface area contributed by atoms with E-state index in [0.717, 1.165) is 48.1 Å². The zero-order chi connectivity index (χ0) is 20.0. The molecular weight excluding hydrogens is 380 g/mol. The van der Waals surface area contributed by atoms with E-state index in [1.807, 2.05) is 17.4 Å². The van der Waals surface area contributed by atoms with Crippen LogP contribution in [0.5, 0.6) is 0 Å². The molecule has 0 spiro atoms. The van der Waals surface area contributed by atoms with Crippen LogP contribution in [0.2, 0.25) is 0 Å². The second kappa shape index (κ2) is 7.39. The summed E-state index contributed by atoms with van der Waals surface area (Å²) in [7, 11) is 0. The Morgan fingerprint density at radius 2 is 2.00 bits per heavy atom. The topological polar surface area (TPSA) is 46.3 Å². The monoisotopic (exact) mass is 404 g/mol. The minimum absolute atomic E-state index is 0.268. The molecule has 5 heteroatoms. The number of rotatable bonds is 3. The minimum Gasteiger partial charge on any atom is -0.423 e. The molecule has 0 unspecified atom stereocenters. The van der Waals surface area contributed by atoms with Crippen LogP contribution in [0.1, 0.15) is 40.5 Å². The van der Waals surface area contributed by atoms with E-state index in [2.05, 4.69) is 49.1 Å². The molecule has 29 heavy (non-hydrogen) atoms. The Labute approximate surface area is 173 Å². The molecule has 0 N–H and O–H groups in total. The van der Waals surface area contributed by atoms with E-state index < -0.39 is 0 Å². The van der Waals surface area contributed by atoms with Gasteiger partial charge in [0, 0.05) is 30.5 Å². The number of thiazole rings is 1. The van der Waals surface area contributed by atoms with Crippen molar-refractivity contribution >= 4 is 32.5 Å². The lowest BCUT2D eigenvalue weighted by Gasteiger charge is -2.32. The number of nitrogens with zero attached hydrogens (tertiary/aromatic N) is 2. The molecule has 3 heterocycles. The van der Waals surface area contributed by atoms with E-state index >= 15 is 0 Å². The van der Waals surface area contributed by atoms with Crippen LogP contribution in [0.3, 0.4) is 0 Å². The highest BCUT2D eigenvalue weighted by Gasteiger charge is 2.25. The Bertz CT molecular complexity index is 1220. The van der Waals surface area contributed by atoms with Crippen molar-refractivity contribution in [2.45, 2.75) is 39.2 Å². The Hall–Kier alpha value is -2.50. The quantitative estimate of drug-likeness (QED) is 0.429. The average molecular weight is 405 g/mol. The van der Waals surface area contributed by atoms with Crippen molar-refractivity contribution in [3.05, 3.63) is 74.6 Å². The van der Waals surface area contributed by atoms with Gasteiger partial charge < -0.3 is 4.42 Å². The number of fused-ring (bicyclic) bond motifs is 2. The molecule has 1 aliphatic heterocycles. The first kappa shape index (κ1) is 18.5. The molecular formula is C24H24N2O2S. The van der Waals surface area contributed by atoms with E-state index in [-0.39, 0.29) is 5.63 Å². The maximum Gasteiger partial charge on any atom is 0.336 e. The van der Waals surface area contributed by atoms with Crippen LogP contribution >= 0.6 is 11.3 Å². The van der Waals surface area contributed by atoms with Crippen LogP contribution in [-0.4, -0.2) is 23.0 Å². The van der Waals surface area contributed by atoms with Gasteiger partial charge in [0.05, 0.1) is 15.2 Å². The largest absolute Gasteiger partial charge is 0.423 e. The van der Waals surface area contributed by atoms with Crippen molar-refractivity contribution in [2.75, 3.05) is 13.1 Å². The third-order valence-electron chi connectivity index (χ3n) is 6.00. The van der Waals surface area contributed by atoms with Gasteiger partial charge in [0.1, 0.15) is 5.58 Å². The van der Waals surface area contributed by atoms with Crippen molar-refractivity contribution in [3.8, 4) is 0 Å². The molecule has 5 rings (SSSR count). The summed E-state index contributed by atoms with van der Waals surface area (Å²) in [6.45, 7) is 6.95. The third-order valence-corrected chi connectivity index (χ3v) is 7.20. The van der Waals surface area contributed by atoms with Gasteiger partial charge in [-0.2, -0.15) is 0 Å². The lowest BCUT2D eigenvalue weighted by Crippen LogP contribution is -2.34. The third kappa shape index (κ3) is 3.61. The Morgan fingerprint density at radius 3 is 2.86 bits per heavy atom. The first-order valence-electron chi connectivity index (χ1n) is 10.2. The van der Waals surface area contributed by atoms with Crippen molar-refractivity contribution in [2.24, 2.45) is 0 Å². The van der Waals surface area contributed by atoms with Gasteiger partial charge in [-0.05, 0) is 74.2 Å². The van der Waals surface area contributed by atoms with Crippen LogP contribution < -0.4 is 5.63 Å². The summed E-state index contributed by atoms with van der Waals surface area (Å²) in [6, 6.07) is 14.2. The highest BCUT2D eigenvalue weighted by Crippen LogP contribution is 2.34. The van der Waals surface area contributed by atoms with Gasteiger partial charge in [-0.25, -0.2) is 9.78 Å². The molecule has 0 aliphatic carbocycles. The molecule has 2 aromatic carbocycles. The van der Waals surface area contributed by atoms with Crippen molar-refractivity contribution in [1.29, 1.82) is 0 Å². The van der Waals surface area contributed by atoms with Crippen LogP contribution in [0.15, 0.2) is 51.7 Å². The lowest BCUT2D eigenvalue weighted by atomic mass is 9.97. The molecule has 1 fully saturated rings. The molecule has 148 valence electrons. The van der Waals surface area contributed by atoms with Gasteiger partial charge >= 0.3 is 5.63 Å². The Kier molecular flexibility index (Phi) is 4.72. The second-order valence-corrected chi connectivity index (χ2v) is 9.18. The second-order valence-electron chi connectivity index (χ2n) is 8.12. The number of hydrogen-bond donors (Lipinski definition) is 0. The summed E-state index contributed by atoms with van der Waals surface area (Å²) in [6.07, 6.45) is 2.32. The first-order valence-corrected chi connectivity index (χ1v) is 11.0. The van der Waals surface area contributed by atoms with Crippen LogP contribution in [0, 0.1) is 13.8 Å². The van der Waals surface area contributed by atoms with E-state index in [4.69, 9.17) is 9.40 Å². The molecule has 1 saturated heterocycles. The highest BCUT2D eigenvalue weighted by molar-refractivity contribution is 7.18. The zero-order valence-corrected chi connectivity index (χ0v) is 17.6. The van der Waals surface area contributed by atoms with Gasteiger partial charge in [0.25, 0.3) is 0 Å². The van der Waals surface area contributed by atoms with E-state index in [1.54, 1.807) is 6.07 Å². The summed E-state index contributed by atoms with van der Waals surface area (Å²) in [5, 5.41) is 2.29. The van der Waals surface area contributed by atoms with E-state index in [0.29, 0.717) is 11.5 Å². The van der Waals surface area contributed by atoms with E-state index in [9.17, 15) is 4.79 Å². The van der Waals surface area contributed by atoms with Crippen LogP contribution in [0.4, 0.5) is 0 Å². The van der Waals surface area contributed by atoms with Gasteiger partial charge in [-0.3, -0.25) is 4.90 Å². The fraction of sp³-hybridized carbons (Fsp3) is 0.333. The number of hydrogen-bond acceptors (Lipinski definition) is 5. The number of piperidine rings is 1. The number of aromatic nitrogens is 1. The summed E-state index contributed by atoms with van der Waals surface area (Å²) >= 11 is 1.82. The number of aryl methyl sites for hydroxylation is 2. The van der Waals surface area contributed by atoms with Crippen molar-refractivity contribution in [1.82, 2.24) is 9.88 Å². The Balaban J connectivity index is 1.43. The predicted octanol–water partition coefficient (Wildman–Crippen LogP) is 5.40. The smallest absolute Gasteiger partial charge is 0.336 e. The molecule has 0 bridgehead atoms. The molecule has 4 nitrogen and oxygen atoms in total. The summed E-state index contributed by atoms with van der Waals surface area (Å²) in [4.78, 5) is 19.5. The SMILES string of the molecule is Cc1cc2oc(=O)cc(CN3CCC[C@@H](c4nc5ccccc5s4)C3)c2cc1C. The number of benzene rings is 2. The zero-order valence-electron chi connectivity index (χ0n) is 16.8.